The molecule has 4 nitrogen and oxygen atoms in total. The molecule has 0 radical (unpaired) electrons. The van der Waals surface area contributed by atoms with Gasteiger partial charge in [0.25, 0.3) is 5.91 Å². The number of halogens is 1. The molecule has 1 unspecified atom stereocenters. The molecule has 0 aliphatic heterocycles. The fraction of sp³-hybridized carbons (Fsp3) is 0.667. The highest BCUT2D eigenvalue weighted by molar-refractivity contribution is 6.30. The van der Waals surface area contributed by atoms with Crippen molar-refractivity contribution in [2.24, 2.45) is 17.8 Å². The quantitative estimate of drug-likeness (QED) is 0.765. The minimum atomic E-state index is 0.117. The smallest absolute Gasteiger partial charge is 0.275 e. The van der Waals surface area contributed by atoms with Crippen LogP contribution in [0.2, 0.25) is 5.02 Å². The Labute approximate surface area is 161 Å². The third-order valence-corrected chi connectivity index (χ3v) is 6.77. The maximum absolute atomic E-state index is 12.6. The van der Waals surface area contributed by atoms with Gasteiger partial charge in [-0.3, -0.25) is 4.79 Å². The summed E-state index contributed by atoms with van der Waals surface area (Å²) in [5.74, 6) is 3.61. The summed E-state index contributed by atoms with van der Waals surface area (Å²) < 4.78 is 5.74. The van der Waals surface area contributed by atoms with Gasteiger partial charge in [-0.25, -0.2) is 0 Å². The lowest BCUT2D eigenvalue weighted by Gasteiger charge is -2.56. The van der Waals surface area contributed by atoms with E-state index in [0.717, 1.165) is 30.0 Å². The van der Waals surface area contributed by atoms with Gasteiger partial charge in [0.05, 0.1) is 7.05 Å². The third-order valence-electron chi connectivity index (χ3n) is 6.52. The first-order valence-electron chi connectivity index (χ1n) is 10.0. The number of quaternary nitrogens is 1. The van der Waals surface area contributed by atoms with Gasteiger partial charge in [0.1, 0.15) is 18.9 Å². The van der Waals surface area contributed by atoms with E-state index in [1.54, 1.807) is 0 Å². The first kappa shape index (κ1) is 18.1. The fourth-order valence-corrected chi connectivity index (χ4v) is 5.97. The van der Waals surface area contributed by atoms with Gasteiger partial charge in [-0.15, -0.1) is 0 Å². The fourth-order valence-electron chi connectivity index (χ4n) is 5.84. The Kier molecular flexibility index (Phi) is 5.15. The molecule has 4 fully saturated rings. The number of benzene rings is 1. The lowest BCUT2D eigenvalue weighted by molar-refractivity contribution is -0.871. The van der Waals surface area contributed by atoms with Crippen LogP contribution in [-0.2, 0) is 4.79 Å². The molecule has 4 aliphatic rings. The van der Waals surface area contributed by atoms with E-state index in [9.17, 15) is 4.79 Å². The number of hydrogen-bond acceptors (Lipinski definition) is 2. The molecule has 0 aromatic heterocycles. The summed E-state index contributed by atoms with van der Waals surface area (Å²) in [5, 5.41) is 4.16. The molecule has 1 amide bonds. The van der Waals surface area contributed by atoms with Gasteiger partial charge in [0.15, 0.2) is 6.54 Å². The highest BCUT2D eigenvalue weighted by Crippen LogP contribution is 2.55. The number of rotatable bonds is 7. The molecule has 4 saturated carbocycles. The normalized spacial score (nSPS) is 33.1. The average molecular weight is 378 g/mol. The number of ether oxygens (including phenoxy) is 1. The molecule has 1 aromatic rings. The molecule has 26 heavy (non-hydrogen) atoms. The van der Waals surface area contributed by atoms with Crippen LogP contribution in [0.3, 0.4) is 0 Å². The van der Waals surface area contributed by atoms with Gasteiger partial charge in [-0.1, -0.05) is 11.6 Å². The SMILES string of the molecule is C[NH+](CCOc1ccc(Cl)cc1)CC(=O)NC12CC3CC(CC(C3)C1)C2. The van der Waals surface area contributed by atoms with E-state index < -0.39 is 0 Å². The van der Waals surface area contributed by atoms with Gasteiger partial charge in [-0.2, -0.15) is 0 Å². The molecular formula is C21H30ClN2O2+. The van der Waals surface area contributed by atoms with E-state index in [2.05, 4.69) is 12.4 Å². The first-order chi connectivity index (χ1) is 12.5. The molecule has 2 N–H and O–H groups in total. The summed E-state index contributed by atoms with van der Waals surface area (Å²) in [4.78, 5) is 13.8. The molecule has 0 spiro atoms. The van der Waals surface area contributed by atoms with Crippen LogP contribution in [0.4, 0.5) is 0 Å². The second-order valence-corrected chi connectivity index (χ2v) is 9.37. The maximum Gasteiger partial charge on any atom is 0.275 e. The van der Waals surface area contributed by atoms with Crippen molar-refractivity contribution in [3.63, 3.8) is 0 Å². The van der Waals surface area contributed by atoms with E-state index in [4.69, 9.17) is 16.3 Å². The summed E-state index contributed by atoms with van der Waals surface area (Å²) in [7, 11) is 2.06. The van der Waals surface area contributed by atoms with Gasteiger partial charge in [0, 0.05) is 10.6 Å². The zero-order valence-corrected chi connectivity index (χ0v) is 16.4. The number of amides is 1. The second-order valence-electron chi connectivity index (χ2n) is 8.93. The van der Waals surface area contributed by atoms with Crippen molar-refractivity contribution in [2.75, 3.05) is 26.7 Å². The Bertz CT molecular complexity index is 611. The highest BCUT2D eigenvalue weighted by Gasteiger charge is 2.51. The molecule has 142 valence electrons. The minimum absolute atomic E-state index is 0.117. The molecule has 5 heteroatoms. The Morgan fingerprint density at radius 1 is 1.15 bits per heavy atom. The molecule has 1 aromatic carbocycles. The van der Waals surface area contributed by atoms with E-state index in [0.29, 0.717) is 18.2 Å². The predicted molar refractivity (Wildman–Crippen MR) is 103 cm³/mol. The Balaban J connectivity index is 1.21. The van der Waals surface area contributed by atoms with E-state index in [-0.39, 0.29) is 11.4 Å². The second kappa shape index (κ2) is 7.40. The molecule has 0 heterocycles. The molecule has 1 atom stereocenters. The Hall–Kier alpha value is -1.26. The number of carbonyl (C=O) groups excluding carboxylic acids is 1. The standard InChI is InChI=1S/C21H29ClN2O2/c1-24(6-7-26-19-4-2-18(22)3-5-19)14-20(25)23-21-11-15-8-16(12-21)10-17(9-15)13-21/h2-5,15-17H,6-14H2,1H3,(H,23,25)/p+1. The maximum atomic E-state index is 12.6. The zero-order valence-electron chi connectivity index (χ0n) is 15.6. The van der Waals surface area contributed by atoms with E-state index in [1.165, 1.54) is 43.4 Å². The highest BCUT2D eigenvalue weighted by atomic mass is 35.5. The summed E-state index contributed by atoms with van der Waals surface area (Å²) in [6.45, 7) is 1.92. The van der Waals surface area contributed by atoms with Crippen LogP contribution in [0.1, 0.15) is 38.5 Å². The van der Waals surface area contributed by atoms with Crippen molar-refractivity contribution in [1.29, 1.82) is 0 Å². The largest absolute Gasteiger partial charge is 0.488 e. The summed E-state index contributed by atoms with van der Waals surface area (Å²) in [6, 6.07) is 7.40. The number of hydrogen-bond donors (Lipinski definition) is 2. The summed E-state index contributed by atoms with van der Waals surface area (Å²) in [6.07, 6.45) is 7.85. The van der Waals surface area contributed by atoms with Crippen LogP contribution in [0.15, 0.2) is 24.3 Å². The summed E-state index contributed by atoms with van der Waals surface area (Å²) in [5.41, 5.74) is 0.117. The van der Waals surface area contributed by atoms with Crippen LogP contribution in [-0.4, -0.2) is 38.2 Å². The van der Waals surface area contributed by atoms with Crippen molar-refractivity contribution in [1.82, 2.24) is 5.32 Å². The molecule has 4 aliphatic carbocycles. The average Bonchev–Trinajstić information content (AvgIpc) is 2.54. The van der Waals surface area contributed by atoms with Gasteiger partial charge < -0.3 is 15.0 Å². The van der Waals surface area contributed by atoms with Crippen LogP contribution in [0.25, 0.3) is 0 Å². The van der Waals surface area contributed by atoms with E-state index >= 15 is 0 Å². The van der Waals surface area contributed by atoms with Crippen molar-refractivity contribution in [3.05, 3.63) is 29.3 Å². The van der Waals surface area contributed by atoms with Gasteiger partial charge in [0.2, 0.25) is 0 Å². The van der Waals surface area contributed by atoms with Crippen LogP contribution < -0.4 is 15.0 Å². The van der Waals surface area contributed by atoms with Gasteiger partial charge in [-0.05, 0) is 80.5 Å². The molecule has 0 saturated heterocycles. The van der Waals surface area contributed by atoms with Crippen molar-refractivity contribution in [3.8, 4) is 5.75 Å². The van der Waals surface area contributed by atoms with Crippen LogP contribution >= 0.6 is 11.6 Å². The lowest BCUT2D eigenvalue weighted by atomic mass is 9.53. The summed E-state index contributed by atoms with van der Waals surface area (Å²) >= 11 is 5.88. The number of carbonyl (C=O) groups is 1. The third kappa shape index (κ3) is 4.17. The first-order valence-corrected chi connectivity index (χ1v) is 10.4. The minimum Gasteiger partial charge on any atom is -0.488 e. The number of likely N-dealkylation sites (N-methyl/N-ethyl adjacent to an activating group) is 1. The number of nitrogens with one attached hydrogen (secondary N) is 2. The Morgan fingerprint density at radius 2 is 1.73 bits per heavy atom. The van der Waals surface area contributed by atoms with Crippen LogP contribution in [0, 0.1) is 17.8 Å². The topological polar surface area (TPSA) is 42.8 Å². The zero-order chi connectivity index (χ0) is 18.1. The van der Waals surface area contributed by atoms with E-state index in [1.807, 2.05) is 24.3 Å². The predicted octanol–water partition coefficient (Wildman–Crippen LogP) is 2.32. The van der Waals surface area contributed by atoms with Gasteiger partial charge >= 0.3 is 0 Å². The monoisotopic (exact) mass is 377 g/mol. The van der Waals surface area contributed by atoms with Crippen molar-refractivity contribution >= 4 is 17.5 Å². The Morgan fingerprint density at radius 3 is 2.31 bits per heavy atom. The lowest BCUT2D eigenvalue weighted by Crippen LogP contribution is -3.11. The molecule has 4 bridgehead atoms. The molecular weight excluding hydrogens is 348 g/mol. The van der Waals surface area contributed by atoms with Crippen molar-refractivity contribution < 1.29 is 14.4 Å². The van der Waals surface area contributed by atoms with Crippen molar-refractivity contribution in [2.45, 2.75) is 44.1 Å². The van der Waals surface area contributed by atoms with Crippen LogP contribution in [0.5, 0.6) is 5.75 Å². The molecule has 5 rings (SSSR count).